The normalized spacial score (nSPS) is 10.3. The predicted octanol–water partition coefficient (Wildman–Crippen LogP) is 4.34. The van der Waals surface area contributed by atoms with Crippen molar-refractivity contribution in [2.24, 2.45) is 0 Å². The van der Waals surface area contributed by atoms with E-state index in [0.29, 0.717) is 0 Å². The average Bonchev–Trinajstić information content (AvgIpc) is 2.34. The standard InChI is InChI=1S/C15H22O/c1-3-14(2)9-7-8-12-16-13-15-10-5-4-6-11-15/h4-6,10-11H,2-3,7-9,12-13H2,1H3. The van der Waals surface area contributed by atoms with Crippen molar-refractivity contribution >= 4 is 0 Å². The first-order chi connectivity index (χ1) is 7.83. The van der Waals surface area contributed by atoms with Crippen LogP contribution in [0.1, 0.15) is 38.2 Å². The highest BCUT2D eigenvalue weighted by molar-refractivity contribution is 5.13. The number of hydrogen-bond donors (Lipinski definition) is 0. The lowest BCUT2D eigenvalue weighted by Crippen LogP contribution is -1.95. The molecule has 0 saturated heterocycles. The van der Waals surface area contributed by atoms with Crippen LogP contribution >= 0.6 is 0 Å². The molecule has 0 spiro atoms. The van der Waals surface area contributed by atoms with Gasteiger partial charge in [-0.3, -0.25) is 0 Å². The number of hydrogen-bond acceptors (Lipinski definition) is 1. The molecule has 1 aromatic carbocycles. The molecule has 1 nitrogen and oxygen atoms in total. The first-order valence-corrected chi connectivity index (χ1v) is 6.11. The SMILES string of the molecule is C=C(CC)CCCCOCc1ccccc1. The van der Waals surface area contributed by atoms with E-state index in [1.165, 1.54) is 17.6 Å². The minimum atomic E-state index is 0.732. The first kappa shape index (κ1) is 13.0. The summed E-state index contributed by atoms with van der Waals surface area (Å²) in [4.78, 5) is 0. The van der Waals surface area contributed by atoms with E-state index in [9.17, 15) is 0 Å². The molecule has 88 valence electrons. The van der Waals surface area contributed by atoms with Crippen LogP contribution in [0.2, 0.25) is 0 Å². The molecule has 0 aliphatic carbocycles. The van der Waals surface area contributed by atoms with Crippen molar-refractivity contribution in [3.63, 3.8) is 0 Å². The molecule has 0 unspecified atom stereocenters. The number of unbranched alkanes of at least 4 members (excludes halogenated alkanes) is 1. The van der Waals surface area contributed by atoms with E-state index < -0.39 is 0 Å². The van der Waals surface area contributed by atoms with Gasteiger partial charge < -0.3 is 4.74 Å². The minimum Gasteiger partial charge on any atom is -0.377 e. The zero-order valence-electron chi connectivity index (χ0n) is 10.2. The molecule has 1 aromatic rings. The topological polar surface area (TPSA) is 9.23 Å². The van der Waals surface area contributed by atoms with Crippen molar-refractivity contribution in [1.29, 1.82) is 0 Å². The van der Waals surface area contributed by atoms with Crippen LogP contribution in [0.4, 0.5) is 0 Å². The molecular formula is C15H22O. The molecule has 1 heteroatoms. The number of ether oxygens (including phenoxy) is 1. The highest BCUT2D eigenvalue weighted by Gasteiger charge is 1.94. The summed E-state index contributed by atoms with van der Waals surface area (Å²) in [6.45, 7) is 7.74. The van der Waals surface area contributed by atoms with Gasteiger partial charge in [-0.1, -0.05) is 49.4 Å². The summed E-state index contributed by atoms with van der Waals surface area (Å²) in [6.07, 6.45) is 4.57. The number of allylic oxidation sites excluding steroid dienone is 1. The van der Waals surface area contributed by atoms with Crippen molar-refractivity contribution < 1.29 is 4.74 Å². The molecule has 0 atom stereocenters. The van der Waals surface area contributed by atoms with Gasteiger partial charge in [-0.25, -0.2) is 0 Å². The molecule has 0 aromatic heterocycles. The summed E-state index contributed by atoms with van der Waals surface area (Å²) in [6, 6.07) is 10.3. The van der Waals surface area contributed by atoms with Crippen molar-refractivity contribution in [1.82, 2.24) is 0 Å². The van der Waals surface area contributed by atoms with Gasteiger partial charge in [0.2, 0.25) is 0 Å². The Morgan fingerprint density at radius 1 is 1.19 bits per heavy atom. The highest BCUT2D eigenvalue weighted by atomic mass is 16.5. The molecule has 0 N–H and O–H groups in total. The Labute approximate surface area is 99.1 Å². The van der Waals surface area contributed by atoms with E-state index in [0.717, 1.165) is 32.5 Å². The van der Waals surface area contributed by atoms with Crippen LogP contribution in [0.15, 0.2) is 42.5 Å². The van der Waals surface area contributed by atoms with Crippen molar-refractivity contribution in [3.05, 3.63) is 48.0 Å². The lowest BCUT2D eigenvalue weighted by molar-refractivity contribution is 0.117. The lowest BCUT2D eigenvalue weighted by atomic mass is 10.1. The fourth-order valence-electron chi connectivity index (χ4n) is 1.52. The molecular weight excluding hydrogens is 196 g/mol. The van der Waals surface area contributed by atoms with Crippen molar-refractivity contribution in [2.75, 3.05) is 6.61 Å². The zero-order chi connectivity index (χ0) is 11.6. The number of rotatable bonds is 8. The van der Waals surface area contributed by atoms with Gasteiger partial charge in [0.15, 0.2) is 0 Å². The van der Waals surface area contributed by atoms with Crippen LogP contribution in [0.25, 0.3) is 0 Å². The van der Waals surface area contributed by atoms with Gasteiger partial charge in [0.25, 0.3) is 0 Å². The smallest absolute Gasteiger partial charge is 0.0716 e. The molecule has 0 saturated carbocycles. The van der Waals surface area contributed by atoms with Crippen LogP contribution in [0, 0.1) is 0 Å². The lowest BCUT2D eigenvalue weighted by Gasteiger charge is -2.05. The van der Waals surface area contributed by atoms with E-state index in [1.54, 1.807) is 0 Å². The van der Waals surface area contributed by atoms with Crippen LogP contribution in [-0.4, -0.2) is 6.61 Å². The van der Waals surface area contributed by atoms with Crippen LogP contribution < -0.4 is 0 Å². The van der Waals surface area contributed by atoms with Gasteiger partial charge in [-0.05, 0) is 31.2 Å². The molecule has 0 radical (unpaired) electrons. The van der Waals surface area contributed by atoms with Gasteiger partial charge in [0, 0.05) is 6.61 Å². The maximum Gasteiger partial charge on any atom is 0.0716 e. The zero-order valence-corrected chi connectivity index (χ0v) is 10.2. The molecule has 1 rings (SSSR count). The van der Waals surface area contributed by atoms with E-state index in [4.69, 9.17) is 4.74 Å². The van der Waals surface area contributed by atoms with Gasteiger partial charge in [-0.2, -0.15) is 0 Å². The molecule has 0 bridgehead atoms. The van der Waals surface area contributed by atoms with E-state index in [1.807, 2.05) is 18.2 Å². The fourth-order valence-corrected chi connectivity index (χ4v) is 1.52. The average molecular weight is 218 g/mol. The summed E-state index contributed by atoms with van der Waals surface area (Å²) in [7, 11) is 0. The second kappa shape index (κ2) is 8.12. The van der Waals surface area contributed by atoms with E-state index in [-0.39, 0.29) is 0 Å². The maximum absolute atomic E-state index is 5.61. The van der Waals surface area contributed by atoms with Crippen LogP contribution in [-0.2, 0) is 11.3 Å². The largest absolute Gasteiger partial charge is 0.377 e. The second-order valence-electron chi connectivity index (χ2n) is 4.10. The monoisotopic (exact) mass is 218 g/mol. The Morgan fingerprint density at radius 2 is 1.94 bits per heavy atom. The Bertz CT molecular complexity index is 290. The second-order valence-corrected chi connectivity index (χ2v) is 4.10. The van der Waals surface area contributed by atoms with Gasteiger partial charge in [0.05, 0.1) is 6.61 Å². The molecule has 0 fully saturated rings. The Kier molecular flexibility index (Phi) is 6.59. The third kappa shape index (κ3) is 5.72. The van der Waals surface area contributed by atoms with Crippen LogP contribution in [0.3, 0.4) is 0 Å². The molecule has 0 aliphatic heterocycles. The quantitative estimate of drug-likeness (QED) is 0.466. The highest BCUT2D eigenvalue weighted by Crippen LogP contribution is 2.08. The van der Waals surface area contributed by atoms with Crippen molar-refractivity contribution in [2.45, 2.75) is 39.2 Å². The maximum atomic E-state index is 5.61. The van der Waals surface area contributed by atoms with Gasteiger partial charge >= 0.3 is 0 Å². The summed E-state index contributed by atoms with van der Waals surface area (Å²) < 4.78 is 5.61. The van der Waals surface area contributed by atoms with E-state index in [2.05, 4.69) is 25.6 Å². The summed E-state index contributed by atoms with van der Waals surface area (Å²) in [5.74, 6) is 0. The van der Waals surface area contributed by atoms with Gasteiger partial charge in [0.1, 0.15) is 0 Å². The summed E-state index contributed by atoms with van der Waals surface area (Å²) in [5.41, 5.74) is 2.60. The molecule has 0 aliphatic rings. The number of benzene rings is 1. The summed E-state index contributed by atoms with van der Waals surface area (Å²) >= 11 is 0. The van der Waals surface area contributed by atoms with Crippen LogP contribution in [0.5, 0.6) is 0 Å². The molecule has 0 heterocycles. The predicted molar refractivity (Wildman–Crippen MR) is 69.4 cm³/mol. The molecule has 16 heavy (non-hydrogen) atoms. The Balaban J connectivity index is 1.98. The van der Waals surface area contributed by atoms with Crippen molar-refractivity contribution in [3.8, 4) is 0 Å². The Morgan fingerprint density at radius 3 is 2.62 bits per heavy atom. The minimum absolute atomic E-state index is 0.732. The third-order valence-electron chi connectivity index (χ3n) is 2.68. The Hall–Kier alpha value is -1.08. The van der Waals surface area contributed by atoms with Gasteiger partial charge in [-0.15, -0.1) is 0 Å². The fraction of sp³-hybridized carbons (Fsp3) is 0.467. The summed E-state index contributed by atoms with van der Waals surface area (Å²) in [5, 5.41) is 0. The van der Waals surface area contributed by atoms with E-state index >= 15 is 0 Å². The first-order valence-electron chi connectivity index (χ1n) is 6.11. The third-order valence-corrected chi connectivity index (χ3v) is 2.68. The molecule has 0 amide bonds.